The van der Waals surface area contributed by atoms with Crippen LogP contribution in [0.25, 0.3) is 0 Å². The molecule has 2 aromatic rings. The Morgan fingerprint density at radius 1 is 1.24 bits per heavy atom. The molecule has 134 valence electrons. The van der Waals surface area contributed by atoms with Crippen LogP contribution in [0, 0.1) is 5.92 Å². The molecule has 1 saturated heterocycles. The monoisotopic (exact) mass is 343 g/mol. The van der Waals surface area contributed by atoms with Gasteiger partial charge in [0, 0.05) is 44.4 Å². The van der Waals surface area contributed by atoms with Gasteiger partial charge in [-0.15, -0.1) is 5.10 Å². The van der Waals surface area contributed by atoms with E-state index < -0.39 is 0 Å². The Morgan fingerprint density at radius 3 is 2.92 bits per heavy atom. The van der Waals surface area contributed by atoms with Crippen molar-refractivity contribution in [1.82, 2.24) is 34.7 Å². The van der Waals surface area contributed by atoms with Gasteiger partial charge in [-0.1, -0.05) is 6.42 Å². The lowest BCUT2D eigenvalue weighted by Crippen LogP contribution is -2.40. The van der Waals surface area contributed by atoms with Crippen molar-refractivity contribution in [2.24, 2.45) is 5.92 Å². The molecule has 1 aliphatic heterocycles. The molecule has 1 saturated carbocycles. The van der Waals surface area contributed by atoms with E-state index in [1.54, 1.807) is 11.0 Å². The van der Waals surface area contributed by atoms with Gasteiger partial charge in [0.05, 0.1) is 6.54 Å². The predicted molar refractivity (Wildman–Crippen MR) is 90.6 cm³/mol. The second kappa shape index (κ2) is 7.33. The average Bonchev–Trinajstić information content (AvgIpc) is 3.27. The summed E-state index contributed by atoms with van der Waals surface area (Å²) in [6, 6.07) is 0. The first-order valence-corrected chi connectivity index (χ1v) is 9.29. The molecule has 0 N–H and O–H groups in total. The average molecular weight is 343 g/mol. The molecule has 1 atom stereocenters. The van der Waals surface area contributed by atoms with Gasteiger partial charge in [0.2, 0.25) is 5.91 Å². The quantitative estimate of drug-likeness (QED) is 0.793. The van der Waals surface area contributed by atoms with Gasteiger partial charge in [0.25, 0.3) is 0 Å². The summed E-state index contributed by atoms with van der Waals surface area (Å²) < 4.78 is 3.92. The fourth-order valence-corrected chi connectivity index (χ4v) is 3.85. The van der Waals surface area contributed by atoms with Gasteiger partial charge in [-0.3, -0.25) is 4.79 Å². The third kappa shape index (κ3) is 3.72. The predicted octanol–water partition coefficient (Wildman–Crippen LogP) is 1.47. The van der Waals surface area contributed by atoms with Crippen LogP contribution in [-0.2, 0) is 17.9 Å². The number of hydrogen-bond donors (Lipinski definition) is 0. The Balaban J connectivity index is 1.35. The number of likely N-dealkylation sites (tertiary alicyclic amines) is 1. The Hall–Kier alpha value is -2.25. The topological polar surface area (TPSA) is 81.7 Å². The van der Waals surface area contributed by atoms with Crippen LogP contribution in [0.3, 0.4) is 0 Å². The van der Waals surface area contributed by atoms with Crippen LogP contribution in [0.5, 0.6) is 0 Å². The third-order valence-electron chi connectivity index (χ3n) is 5.51. The lowest BCUT2D eigenvalue weighted by Gasteiger charge is -2.33. The first kappa shape index (κ1) is 16.2. The molecule has 1 amide bonds. The molecule has 2 fully saturated rings. The molecule has 25 heavy (non-hydrogen) atoms. The number of hydrogen-bond acceptors (Lipinski definition) is 5. The summed E-state index contributed by atoms with van der Waals surface area (Å²) in [6.07, 6.45) is 12.2. The highest BCUT2D eigenvalue weighted by molar-refractivity contribution is 5.76. The van der Waals surface area contributed by atoms with Gasteiger partial charge in [0.15, 0.2) is 0 Å². The van der Waals surface area contributed by atoms with E-state index in [1.165, 1.54) is 19.3 Å². The second-order valence-corrected chi connectivity index (χ2v) is 7.24. The van der Waals surface area contributed by atoms with Gasteiger partial charge in [-0.2, -0.15) is 0 Å². The van der Waals surface area contributed by atoms with Crippen molar-refractivity contribution >= 4 is 5.91 Å². The van der Waals surface area contributed by atoms with Gasteiger partial charge >= 0.3 is 0 Å². The van der Waals surface area contributed by atoms with Crippen LogP contribution in [0.4, 0.5) is 0 Å². The van der Waals surface area contributed by atoms with Gasteiger partial charge in [0.1, 0.15) is 12.2 Å². The van der Waals surface area contributed by atoms with Crippen molar-refractivity contribution in [2.45, 2.75) is 57.5 Å². The Morgan fingerprint density at radius 2 is 2.16 bits per heavy atom. The Labute approximate surface area is 147 Å². The molecule has 4 rings (SSSR count). The molecule has 0 radical (unpaired) electrons. The van der Waals surface area contributed by atoms with Crippen molar-refractivity contribution in [3.05, 3.63) is 24.5 Å². The van der Waals surface area contributed by atoms with Gasteiger partial charge < -0.3 is 9.47 Å². The van der Waals surface area contributed by atoms with Crippen LogP contribution < -0.4 is 0 Å². The number of rotatable bonds is 6. The highest BCUT2D eigenvalue weighted by Crippen LogP contribution is 2.31. The number of amides is 1. The van der Waals surface area contributed by atoms with E-state index in [4.69, 9.17) is 0 Å². The molecular weight excluding hydrogens is 318 g/mol. The summed E-state index contributed by atoms with van der Waals surface area (Å²) in [5.41, 5.74) is 0. The Bertz CT molecular complexity index is 692. The largest absolute Gasteiger partial charge is 0.342 e. The van der Waals surface area contributed by atoms with E-state index >= 15 is 0 Å². The van der Waals surface area contributed by atoms with Crippen molar-refractivity contribution < 1.29 is 4.79 Å². The van der Waals surface area contributed by atoms with Crippen molar-refractivity contribution in [2.75, 3.05) is 13.1 Å². The summed E-state index contributed by atoms with van der Waals surface area (Å²) in [5.74, 6) is 2.49. The maximum Gasteiger partial charge on any atom is 0.224 e. The zero-order chi connectivity index (χ0) is 17.1. The molecule has 2 aliphatic rings. The van der Waals surface area contributed by atoms with E-state index in [2.05, 4.69) is 31.3 Å². The molecule has 1 aliphatic carbocycles. The number of carbonyl (C=O) groups is 1. The highest BCUT2D eigenvalue weighted by atomic mass is 16.2. The van der Waals surface area contributed by atoms with E-state index in [0.29, 0.717) is 18.9 Å². The second-order valence-electron chi connectivity index (χ2n) is 7.24. The number of tetrazole rings is 1. The summed E-state index contributed by atoms with van der Waals surface area (Å²) >= 11 is 0. The lowest BCUT2D eigenvalue weighted by molar-refractivity contribution is -0.132. The van der Waals surface area contributed by atoms with E-state index in [1.807, 2.05) is 11.1 Å². The number of nitrogens with zero attached hydrogens (tertiary/aromatic N) is 7. The number of aryl methyl sites for hydroxylation is 1. The van der Waals surface area contributed by atoms with Crippen molar-refractivity contribution in [1.29, 1.82) is 0 Å². The lowest BCUT2D eigenvalue weighted by atomic mass is 9.85. The first-order chi connectivity index (χ1) is 12.3. The summed E-state index contributed by atoms with van der Waals surface area (Å²) in [7, 11) is 0. The molecule has 0 aromatic carbocycles. The summed E-state index contributed by atoms with van der Waals surface area (Å²) in [4.78, 5) is 19.2. The molecule has 2 aromatic heterocycles. The zero-order valence-electron chi connectivity index (χ0n) is 14.5. The molecule has 0 unspecified atom stereocenters. The minimum absolute atomic E-state index is 0.178. The fourth-order valence-electron chi connectivity index (χ4n) is 3.85. The number of imidazole rings is 1. The molecule has 0 bridgehead atoms. The Kier molecular flexibility index (Phi) is 4.76. The van der Waals surface area contributed by atoms with Crippen LogP contribution in [0.1, 0.15) is 50.3 Å². The van der Waals surface area contributed by atoms with E-state index in [9.17, 15) is 4.79 Å². The number of aromatic nitrogens is 6. The molecular formula is C17H25N7O. The number of carbonyl (C=O) groups excluding carboxylic acids is 1. The SMILES string of the molecule is O=C(CCn1cnnn1)N1CCC[C@@H](c2nccn2CC2CCC2)C1. The normalized spacial score (nSPS) is 21.3. The zero-order valence-corrected chi connectivity index (χ0v) is 14.5. The fraction of sp³-hybridized carbons (Fsp3) is 0.706. The van der Waals surface area contributed by atoms with E-state index in [-0.39, 0.29) is 5.91 Å². The van der Waals surface area contributed by atoms with Crippen LogP contribution in [0.2, 0.25) is 0 Å². The maximum absolute atomic E-state index is 12.5. The standard InChI is InChI=1S/C17H25N7O/c25-16(6-9-24-13-19-20-21-24)22-8-2-5-15(12-22)17-18-7-10-23(17)11-14-3-1-4-14/h7,10,13-15H,1-6,8-9,11-12H2/t15-/m1/s1. The third-order valence-corrected chi connectivity index (χ3v) is 5.51. The van der Waals surface area contributed by atoms with Crippen molar-refractivity contribution in [3.8, 4) is 0 Å². The van der Waals surface area contributed by atoms with Gasteiger partial charge in [-0.25, -0.2) is 9.67 Å². The maximum atomic E-state index is 12.5. The van der Waals surface area contributed by atoms with Crippen LogP contribution >= 0.6 is 0 Å². The summed E-state index contributed by atoms with van der Waals surface area (Å²) in [6.45, 7) is 3.23. The molecule has 8 heteroatoms. The highest BCUT2D eigenvalue weighted by Gasteiger charge is 2.28. The minimum atomic E-state index is 0.178. The van der Waals surface area contributed by atoms with Crippen LogP contribution in [-0.4, -0.2) is 53.7 Å². The minimum Gasteiger partial charge on any atom is -0.342 e. The van der Waals surface area contributed by atoms with Crippen LogP contribution in [0.15, 0.2) is 18.7 Å². The van der Waals surface area contributed by atoms with Crippen molar-refractivity contribution in [3.63, 3.8) is 0 Å². The first-order valence-electron chi connectivity index (χ1n) is 9.29. The summed E-state index contributed by atoms with van der Waals surface area (Å²) in [5, 5.41) is 11.0. The molecule has 0 spiro atoms. The smallest absolute Gasteiger partial charge is 0.224 e. The van der Waals surface area contributed by atoms with Gasteiger partial charge in [-0.05, 0) is 42.0 Å². The molecule has 3 heterocycles. The number of piperidine rings is 1. The van der Waals surface area contributed by atoms with E-state index in [0.717, 1.165) is 44.2 Å². The molecule has 8 nitrogen and oxygen atoms in total.